The molecule has 1 heterocycles. The summed E-state index contributed by atoms with van der Waals surface area (Å²) in [5.41, 5.74) is 0.304. The van der Waals surface area contributed by atoms with E-state index in [1.807, 2.05) is 0 Å². The summed E-state index contributed by atoms with van der Waals surface area (Å²) in [7, 11) is 0. The van der Waals surface area contributed by atoms with Crippen molar-refractivity contribution in [2.45, 2.75) is 32.5 Å². The third-order valence-corrected chi connectivity index (χ3v) is 4.42. The summed E-state index contributed by atoms with van der Waals surface area (Å²) in [5, 5.41) is 3.42. The summed E-state index contributed by atoms with van der Waals surface area (Å²) in [4.78, 5) is 12.5. The highest BCUT2D eigenvalue weighted by molar-refractivity contribution is 6.30. The van der Waals surface area contributed by atoms with Gasteiger partial charge in [0, 0.05) is 17.1 Å². The van der Waals surface area contributed by atoms with Crippen LogP contribution in [-0.4, -0.2) is 24.8 Å². The summed E-state index contributed by atoms with van der Waals surface area (Å²) in [6, 6.07) is 9.63. The number of hydrogen-bond acceptors (Lipinski definition) is 4. The van der Waals surface area contributed by atoms with E-state index in [2.05, 4.69) is 5.32 Å². The van der Waals surface area contributed by atoms with E-state index in [0.29, 0.717) is 47.2 Å². The lowest BCUT2D eigenvalue weighted by Gasteiger charge is -2.25. The Kier molecular flexibility index (Phi) is 5.87. The molecule has 144 valence electrons. The fraction of sp³-hybridized carbons (Fsp3) is 0.350. The lowest BCUT2D eigenvalue weighted by atomic mass is 10.0. The molecule has 0 fully saturated rings. The Labute approximate surface area is 162 Å². The molecule has 27 heavy (non-hydrogen) atoms. The Morgan fingerprint density at radius 3 is 2.78 bits per heavy atom. The van der Waals surface area contributed by atoms with Gasteiger partial charge < -0.3 is 19.5 Å². The smallest absolute Gasteiger partial charge is 0.263 e. The van der Waals surface area contributed by atoms with E-state index in [1.165, 1.54) is 12.1 Å². The molecule has 1 aliphatic heterocycles. The zero-order valence-electron chi connectivity index (χ0n) is 15.2. The van der Waals surface area contributed by atoms with Gasteiger partial charge >= 0.3 is 0 Å². The summed E-state index contributed by atoms with van der Waals surface area (Å²) in [6.45, 7) is 4.14. The molecule has 0 spiro atoms. The number of nitrogens with one attached hydrogen (secondary N) is 1. The lowest BCUT2D eigenvalue weighted by molar-refractivity contribution is -0.134. The molecule has 0 bridgehead atoms. The fourth-order valence-corrected chi connectivity index (χ4v) is 2.94. The molecule has 3 rings (SSSR count). The Morgan fingerprint density at radius 2 is 2.04 bits per heavy atom. The van der Waals surface area contributed by atoms with Crippen molar-refractivity contribution < 1.29 is 23.4 Å². The van der Waals surface area contributed by atoms with Crippen molar-refractivity contribution in [3.05, 3.63) is 58.4 Å². The molecule has 0 atom stereocenters. The van der Waals surface area contributed by atoms with Crippen molar-refractivity contribution in [2.75, 3.05) is 13.3 Å². The third kappa shape index (κ3) is 4.90. The van der Waals surface area contributed by atoms with E-state index in [9.17, 15) is 9.18 Å². The zero-order valence-corrected chi connectivity index (χ0v) is 15.9. The highest BCUT2D eigenvalue weighted by atomic mass is 35.5. The highest BCUT2D eigenvalue weighted by Crippen LogP contribution is 2.29. The summed E-state index contributed by atoms with van der Waals surface area (Å²) >= 11 is 5.85. The van der Waals surface area contributed by atoms with Gasteiger partial charge in [-0.1, -0.05) is 11.6 Å². The Balaban J connectivity index is 1.59. The number of ether oxygens (including phenoxy) is 3. The second-order valence-corrected chi connectivity index (χ2v) is 7.17. The van der Waals surface area contributed by atoms with Crippen LogP contribution in [0.15, 0.2) is 36.4 Å². The first-order valence-corrected chi connectivity index (χ1v) is 8.98. The second kappa shape index (κ2) is 8.15. The van der Waals surface area contributed by atoms with E-state index in [0.717, 1.165) is 0 Å². The van der Waals surface area contributed by atoms with Crippen LogP contribution in [0.4, 0.5) is 4.39 Å². The van der Waals surface area contributed by atoms with Gasteiger partial charge in [0.1, 0.15) is 17.3 Å². The number of benzene rings is 2. The number of rotatable bonds is 6. The zero-order chi connectivity index (χ0) is 19.4. The molecular formula is C20H21ClFNO4. The minimum absolute atomic E-state index is 0.139. The third-order valence-electron chi connectivity index (χ3n) is 4.17. The standard InChI is InChI=1S/C20H21ClFNO4/c1-20(2,27-17-5-3-15(21)4-6-17)19(24)23-8-7-13-9-16(22)10-14-11-25-12-26-18(13)14/h3-6,9-10H,7-8,11-12H2,1-2H3,(H,23,24). The molecular weight excluding hydrogens is 373 g/mol. The van der Waals surface area contributed by atoms with Crippen LogP contribution in [0.3, 0.4) is 0 Å². The molecule has 5 nitrogen and oxygen atoms in total. The topological polar surface area (TPSA) is 56.8 Å². The highest BCUT2D eigenvalue weighted by Gasteiger charge is 2.29. The largest absolute Gasteiger partial charge is 0.478 e. The van der Waals surface area contributed by atoms with Crippen LogP contribution in [0, 0.1) is 5.82 Å². The van der Waals surface area contributed by atoms with Gasteiger partial charge in [0.25, 0.3) is 5.91 Å². The summed E-state index contributed by atoms with van der Waals surface area (Å²) in [5.74, 6) is 0.559. The van der Waals surface area contributed by atoms with Crippen LogP contribution < -0.4 is 14.8 Å². The number of fused-ring (bicyclic) bond motifs is 1. The van der Waals surface area contributed by atoms with Gasteiger partial charge in [-0.15, -0.1) is 0 Å². The number of halogens is 2. The van der Waals surface area contributed by atoms with Gasteiger partial charge in [-0.05, 0) is 62.2 Å². The molecule has 7 heteroatoms. The number of hydrogen-bond donors (Lipinski definition) is 1. The van der Waals surface area contributed by atoms with E-state index in [-0.39, 0.29) is 18.5 Å². The quantitative estimate of drug-likeness (QED) is 0.809. The van der Waals surface area contributed by atoms with E-state index < -0.39 is 5.60 Å². The maximum absolute atomic E-state index is 13.8. The maximum atomic E-state index is 13.8. The van der Waals surface area contributed by atoms with Crippen LogP contribution in [0.5, 0.6) is 11.5 Å². The molecule has 2 aromatic carbocycles. The monoisotopic (exact) mass is 393 g/mol. The molecule has 0 aliphatic carbocycles. The van der Waals surface area contributed by atoms with Crippen LogP contribution in [0.1, 0.15) is 25.0 Å². The van der Waals surface area contributed by atoms with E-state index in [1.54, 1.807) is 38.1 Å². The van der Waals surface area contributed by atoms with Crippen LogP contribution in [0.2, 0.25) is 5.02 Å². The van der Waals surface area contributed by atoms with Crippen LogP contribution in [-0.2, 0) is 22.6 Å². The van der Waals surface area contributed by atoms with Crippen molar-refractivity contribution >= 4 is 17.5 Å². The minimum atomic E-state index is -1.07. The van der Waals surface area contributed by atoms with Gasteiger partial charge in [-0.3, -0.25) is 4.79 Å². The van der Waals surface area contributed by atoms with Crippen molar-refractivity contribution in [2.24, 2.45) is 0 Å². The summed E-state index contributed by atoms with van der Waals surface area (Å²) in [6.07, 6.45) is 0.433. The maximum Gasteiger partial charge on any atom is 0.263 e. The molecule has 0 unspecified atom stereocenters. The molecule has 0 saturated carbocycles. The average Bonchev–Trinajstić information content (AvgIpc) is 2.63. The Morgan fingerprint density at radius 1 is 1.30 bits per heavy atom. The van der Waals surface area contributed by atoms with Gasteiger partial charge in [-0.2, -0.15) is 0 Å². The van der Waals surface area contributed by atoms with Gasteiger partial charge in [0.2, 0.25) is 0 Å². The van der Waals surface area contributed by atoms with Crippen molar-refractivity contribution in [3.8, 4) is 11.5 Å². The van der Waals surface area contributed by atoms with Crippen molar-refractivity contribution in [1.82, 2.24) is 5.32 Å². The van der Waals surface area contributed by atoms with Gasteiger partial charge in [0.15, 0.2) is 12.4 Å². The number of amides is 1. The van der Waals surface area contributed by atoms with Crippen molar-refractivity contribution in [3.63, 3.8) is 0 Å². The molecule has 0 aromatic heterocycles. The predicted octanol–water partition coefficient (Wildman–Crippen LogP) is 3.86. The lowest BCUT2D eigenvalue weighted by Crippen LogP contribution is -2.47. The first-order valence-electron chi connectivity index (χ1n) is 8.60. The summed E-state index contributed by atoms with van der Waals surface area (Å²) < 4.78 is 30.2. The van der Waals surface area contributed by atoms with Crippen LogP contribution in [0.25, 0.3) is 0 Å². The molecule has 2 aromatic rings. The predicted molar refractivity (Wildman–Crippen MR) is 99.6 cm³/mol. The normalized spacial score (nSPS) is 13.5. The van der Waals surface area contributed by atoms with E-state index in [4.69, 9.17) is 25.8 Å². The van der Waals surface area contributed by atoms with Crippen molar-refractivity contribution in [1.29, 1.82) is 0 Å². The molecule has 1 aliphatic rings. The molecule has 1 amide bonds. The SMILES string of the molecule is CC(C)(Oc1ccc(Cl)cc1)C(=O)NCCc1cc(F)cc2c1OCOC2. The van der Waals surface area contributed by atoms with Crippen LogP contribution >= 0.6 is 11.6 Å². The van der Waals surface area contributed by atoms with Gasteiger partial charge in [0.05, 0.1) is 6.61 Å². The molecule has 1 N–H and O–H groups in total. The fourth-order valence-electron chi connectivity index (χ4n) is 2.81. The number of carbonyl (C=O) groups excluding carboxylic acids is 1. The van der Waals surface area contributed by atoms with Gasteiger partial charge in [-0.25, -0.2) is 4.39 Å². The minimum Gasteiger partial charge on any atom is -0.478 e. The Bertz CT molecular complexity index is 823. The Hall–Kier alpha value is -2.31. The second-order valence-electron chi connectivity index (χ2n) is 6.74. The first-order chi connectivity index (χ1) is 12.8. The molecule has 0 radical (unpaired) electrons. The average molecular weight is 394 g/mol. The molecule has 0 saturated heterocycles. The van der Waals surface area contributed by atoms with E-state index >= 15 is 0 Å². The number of carbonyl (C=O) groups is 1. The first kappa shape index (κ1) is 19.5.